The lowest BCUT2D eigenvalue weighted by atomic mass is 9.96. The van der Waals surface area contributed by atoms with Crippen molar-refractivity contribution < 1.29 is 4.79 Å². The Balaban J connectivity index is 1.36. The monoisotopic (exact) mass is 437 g/mol. The van der Waals surface area contributed by atoms with Gasteiger partial charge in [0.1, 0.15) is 11.9 Å². The number of hydrogen-bond acceptors (Lipinski definition) is 6. The molecule has 30 heavy (non-hydrogen) atoms. The molecule has 0 aliphatic carbocycles. The number of nitrogens with zero attached hydrogens (tertiary/aromatic N) is 4. The summed E-state index contributed by atoms with van der Waals surface area (Å²) in [6, 6.07) is 13.2. The van der Waals surface area contributed by atoms with E-state index in [9.17, 15) is 4.79 Å². The van der Waals surface area contributed by atoms with Crippen molar-refractivity contribution in [2.45, 2.75) is 19.8 Å². The summed E-state index contributed by atoms with van der Waals surface area (Å²) in [4.78, 5) is 24.9. The van der Waals surface area contributed by atoms with Crippen LogP contribution in [0.3, 0.4) is 0 Å². The number of anilines is 2. The van der Waals surface area contributed by atoms with E-state index >= 15 is 0 Å². The Kier molecular flexibility index (Phi) is 5.98. The summed E-state index contributed by atoms with van der Waals surface area (Å²) in [5.41, 5.74) is 2.40. The molecule has 4 rings (SSSR count). The number of rotatable bonds is 4. The molecule has 1 N–H and O–H groups in total. The van der Waals surface area contributed by atoms with Crippen LogP contribution in [0, 0.1) is 24.2 Å². The second kappa shape index (κ2) is 8.82. The van der Waals surface area contributed by atoms with Crippen LogP contribution in [0.15, 0.2) is 42.6 Å². The molecule has 0 spiro atoms. The van der Waals surface area contributed by atoms with Gasteiger partial charge in [0.05, 0.1) is 11.3 Å². The molecule has 152 valence electrons. The van der Waals surface area contributed by atoms with E-state index in [1.54, 1.807) is 12.3 Å². The van der Waals surface area contributed by atoms with Gasteiger partial charge in [0.25, 0.3) is 0 Å². The van der Waals surface area contributed by atoms with Gasteiger partial charge < -0.3 is 10.2 Å². The van der Waals surface area contributed by atoms with E-state index in [0.717, 1.165) is 47.9 Å². The maximum Gasteiger partial charge on any atom is 0.229 e. The predicted molar refractivity (Wildman–Crippen MR) is 120 cm³/mol. The Morgan fingerprint density at radius 1 is 1.23 bits per heavy atom. The Hall–Kier alpha value is -2.95. The summed E-state index contributed by atoms with van der Waals surface area (Å²) < 4.78 is 0. The lowest BCUT2D eigenvalue weighted by Gasteiger charge is -2.31. The molecule has 1 fully saturated rings. The lowest BCUT2D eigenvalue weighted by Crippen LogP contribution is -2.38. The number of carbonyl (C=O) groups is 1. The number of nitriles is 1. The first-order chi connectivity index (χ1) is 14.5. The summed E-state index contributed by atoms with van der Waals surface area (Å²) in [6.45, 7) is 3.51. The van der Waals surface area contributed by atoms with Crippen molar-refractivity contribution in [2.75, 3.05) is 23.3 Å². The minimum absolute atomic E-state index is 0.0128. The van der Waals surface area contributed by atoms with Gasteiger partial charge in [-0.05, 0) is 44.0 Å². The number of piperidine rings is 1. The van der Waals surface area contributed by atoms with Gasteiger partial charge in [-0.25, -0.2) is 9.97 Å². The maximum atomic E-state index is 12.8. The van der Waals surface area contributed by atoms with E-state index in [-0.39, 0.29) is 11.8 Å². The molecule has 1 aliphatic heterocycles. The average molecular weight is 438 g/mol. The number of aromatic nitrogens is 2. The van der Waals surface area contributed by atoms with E-state index in [1.165, 1.54) is 11.3 Å². The molecule has 0 radical (unpaired) electrons. The quantitative estimate of drug-likeness (QED) is 0.628. The third-order valence-corrected chi connectivity index (χ3v) is 6.35. The van der Waals surface area contributed by atoms with Crippen LogP contribution in [0.2, 0.25) is 5.02 Å². The zero-order valence-corrected chi connectivity index (χ0v) is 18.0. The minimum Gasteiger partial charge on any atom is -0.357 e. The fourth-order valence-corrected chi connectivity index (χ4v) is 4.51. The first-order valence-electron chi connectivity index (χ1n) is 9.69. The van der Waals surface area contributed by atoms with Gasteiger partial charge in [0.2, 0.25) is 5.91 Å². The third kappa shape index (κ3) is 4.45. The smallest absolute Gasteiger partial charge is 0.229 e. The van der Waals surface area contributed by atoms with Crippen LogP contribution < -0.4 is 10.2 Å². The number of hydrogen-bond donors (Lipinski definition) is 1. The molecule has 0 atom stereocenters. The normalized spacial score (nSPS) is 14.4. The molecular formula is C22H20ClN5OS. The van der Waals surface area contributed by atoms with Crippen LogP contribution in [0.1, 0.15) is 23.3 Å². The van der Waals surface area contributed by atoms with Gasteiger partial charge in [-0.2, -0.15) is 5.26 Å². The fraction of sp³-hybridized carbons (Fsp3) is 0.273. The molecule has 1 aromatic carbocycles. The highest BCUT2D eigenvalue weighted by Crippen LogP contribution is 2.32. The van der Waals surface area contributed by atoms with Crippen LogP contribution in [-0.4, -0.2) is 29.0 Å². The standard InChI is InChI=1S/C22H20ClN5OS/c1-14-20(16-3-5-18(23)6-4-16)26-22(30-14)27-21(29)17-8-10-28(11-9-17)19-7-2-15(12-24)13-25-19/h2-7,13,17H,8-11H2,1H3,(H,26,27,29). The van der Waals surface area contributed by atoms with E-state index in [0.29, 0.717) is 15.7 Å². The fourth-order valence-electron chi connectivity index (χ4n) is 3.54. The van der Waals surface area contributed by atoms with Crippen molar-refractivity contribution in [1.82, 2.24) is 9.97 Å². The number of benzene rings is 1. The molecule has 1 saturated heterocycles. The van der Waals surface area contributed by atoms with Crippen molar-refractivity contribution in [3.8, 4) is 17.3 Å². The highest BCUT2D eigenvalue weighted by atomic mass is 35.5. The summed E-state index contributed by atoms with van der Waals surface area (Å²) in [7, 11) is 0. The van der Waals surface area contributed by atoms with Crippen LogP contribution in [0.4, 0.5) is 10.9 Å². The number of halogens is 1. The Morgan fingerprint density at radius 3 is 2.60 bits per heavy atom. The first kappa shape index (κ1) is 20.3. The molecule has 1 amide bonds. The third-order valence-electron chi connectivity index (χ3n) is 5.21. The minimum atomic E-state index is -0.0529. The number of aryl methyl sites for hydroxylation is 1. The largest absolute Gasteiger partial charge is 0.357 e. The summed E-state index contributed by atoms with van der Waals surface area (Å²) in [6.07, 6.45) is 3.08. The molecule has 0 unspecified atom stereocenters. The van der Waals surface area contributed by atoms with Gasteiger partial charge >= 0.3 is 0 Å². The molecule has 8 heteroatoms. The lowest BCUT2D eigenvalue weighted by molar-refractivity contribution is -0.120. The second-order valence-corrected chi connectivity index (χ2v) is 8.84. The molecular weight excluding hydrogens is 418 g/mol. The Morgan fingerprint density at radius 2 is 1.97 bits per heavy atom. The van der Waals surface area contributed by atoms with Gasteiger partial charge in [-0.15, -0.1) is 11.3 Å². The van der Waals surface area contributed by atoms with E-state index in [1.807, 2.05) is 37.3 Å². The Labute approximate surface area is 184 Å². The maximum absolute atomic E-state index is 12.8. The van der Waals surface area contributed by atoms with Gasteiger partial charge in [-0.1, -0.05) is 23.7 Å². The summed E-state index contributed by atoms with van der Waals surface area (Å²) in [5, 5.41) is 13.2. The van der Waals surface area contributed by atoms with Crippen molar-refractivity contribution >= 4 is 39.8 Å². The topological polar surface area (TPSA) is 81.9 Å². The second-order valence-electron chi connectivity index (χ2n) is 7.20. The molecule has 3 aromatic rings. The molecule has 1 aliphatic rings. The zero-order valence-electron chi connectivity index (χ0n) is 16.4. The van der Waals surface area contributed by atoms with Gasteiger partial charge in [0.15, 0.2) is 5.13 Å². The van der Waals surface area contributed by atoms with Gasteiger partial charge in [0, 0.05) is 40.7 Å². The number of carbonyl (C=O) groups excluding carboxylic acids is 1. The number of thiazole rings is 1. The van der Waals surface area contributed by atoms with Gasteiger partial charge in [-0.3, -0.25) is 4.79 Å². The summed E-state index contributed by atoms with van der Waals surface area (Å²) >= 11 is 7.45. The molecule has 2 aromatic heterocycles. The van der Waals surface area contributed by atoms with E-state index in [2.05, 4.69) is 26.3 Å². The highest BCUT2D eigenvalue weighted by molar-refractivity contribution is 7.16. The van der Waals surface area contributed by atoms with Crippen molar-refractivity contribution in [1.29, 1.82) is 5.26 Å². The number of nitrogens with one attached hydrogen (secondary N) is 1. The number of pyridine rings is 1. The average Bonchev–Trinajstić information content (AvgIpc) is 3.14. The van der Waals surface area contributed by atoms with E-state index in [4.69, 9.17) is 16.9 Å². The van der Waals surface area contributed by atoms with E-state index < -0.39 is 0 Å². The van der Waals surface area contributed by atoms with Crippen LogP contribution in [-0.2, 0) is 4.79 Å². The zero-order chi connectivity index (χ0) is 21.1. The molecule has 3 heterocycles. The first-order valence-corrected chi connectivity index (χ1v) is 10.9. The molecule has 0 saturated carbocycles. The van der Waals surface area contributed by atoms with Crippen molar-refractivity contribution in [3.05, 3.63) is 58.1 Å². The van der Waals surface area contributed by atoms with Crippen LogP contribution in [0.5, 0.6) is 0 Å². The van der Waals surface area contributed by atoms with Crippen LogP contribution >= 0.6 is 22.9 Å². The SMILES string of the molecule is Cc1sc(NC(=O)C2CCN(c3ccc(C#N)cn3)CC2)nc1-c1ccc(Cl)cc1. The summed E-state index contributed by atoms with van der Waals surface area (Å²) in [5.74, 6) is 0.803. The molecule has 0 bridgehead atoms. The van der Waals surface area contributed by atoms with Crippen molar-refractivity contribution in [3.63, 3.8) is 0 Å². The number of amides is 1. The van der Waals surface area contributed by atoms with Crippen molar-refractivity contribution in [2.24, 2.45) is 5.92 Å². The Bertz CT molecular complexity index is 1080. The van der Waals surface area contributed by atoms with Crippen LogP contribution in [0.25, 0.3) is 11.3 Å². The highest BCUT2D eigenvalue weighted by Gasteiger charge is 2.26. The molecule has 6 nitrogen and oxygen atoms in total. The predicted octanol–water partition coefficient (Wildman–Crippen LogP) is 4.89.